The Morgan fingerprint density at radius 3 is 2.89 bits per heavy atom. The van der Waals surface area contributed by atoms with Crippen LogP contribution in [0.15, 0.2) is 18.2 Å². The molecule has 0 bridgehead atoms. The van der Waals surface area contributed by atoms with E-state index < -0.39 is 0 Å². The molecule has 1 aromatic rings. The minimum absolute atomic E-state index is 0.0117. The van der Waals surface area contributed by atoms with Gasteiger partial charge in [-0.3, -0.25) is 4.79 Å². The second kappa shape index (κ2) is 7.80. The zero-order valence-corrected chi connectivity index (χ0v) is 11.4. The van der Waals surface area contributed by atoms with Crippen LogP contribution >= 0.6 is 11.8 Å². The molecular weight excluding hydrogens is 246 g/mol. The lowest BCUT2D eigenvalue weighted by molar-refractivity contribution is -0.113. The number of hydrogen-bond donors (Lipinski definition) is 2. The monoisotopic (exact) mass is 263 g/mol. The van der Waals surface area contributed by atoms with E-state index in [9.17, 15) is 4.79 Å². The van der Waals surface area contributed by atoms with E-state index in [0.717, 1.165) is 16.8 Å². The molecule has 0 unspecified atom stereocenters. The number of rotatable bonds is 4. The van der Waals surface area contributed by atoms with Gasteiger partial charge in [-0.2, -0.15) is 11.8 Å². The van der Waals surface area contributed by atoms with Gasteiger partial charge in [-0.25, -0.2) is 0 Å². The topological polar surface area (TPSA) is 49.3 Å². The van der Waals surface area contributed by atoms with Gasteiger partial charge in [0.1, 0.15) is 0 Å². The number of hydrogen-bond acceptors (Lipinski definition) is 3. The largest absolute Gasteiger partial charge is 0.395 e. The van der Waals surface area contributed by atoms with Gasteiger partial charge in [-0.15, -0.1) is 0 Å². The van der Waals surface area contributed by atoms with Crippen molar-refractivity contribution in [2.75, 3.05) is 23.9 Å². The van der Waals surface area contributed by atoms with Crippen LogP contribution in [0.5, 0.6) is 0 Å². The van der Waals surface area contributed by atoms with E-state index in [0.29, 0.717) is 12.2 Å². The van der Waals surface area contributed by atoms with Gasteiger partial charge in [-0.1, -0.05) is 11.8 Å². The number of aliphatic hydroxyl groups is 1. The summed E-state index contributed by atoms with van der Waals surface area (Å²) in [5.41, 5.74) is 2.66. The Balaban J connectivity index is 2.81. The maximum Gasteiger partial charge on any atom is 0.234 e. The molecule has 0 aliphatic rings. The van der Waals surface area contributed by atoms with Gasteiger partial charge < -0.3 is 10.4 Å². The molecule has 3 nitrogen and oxygen atoms in total. The molecule has 0 saturated heterocycles. The molecule has 0 aliphatic heterocycles. The molecule has 0 heterocycles. The summed E-state index contributed by atoms with van der Waals surface area (Å²) in [5.74, 6) is 6.27. The molecule has 0 saturated carbocycles. The normalized spacial score (nSPS) is 9.50. The average Bonchev–Trinajstić information content (AvgIpc) is 2.28. The first-order valence-electron chi connectivity index (χ1n) is 5.66. The van der Waals surface area contributed by atoms with Crippen LogP contribution in [0.2, 0.25) is 0 Å². The molecule has 0 radical (unpaired) electrons. The number of nitrogens with one attached hydrogen (secondary N) is 1. The van der Waals surface area contributed by atoms with Crippen molar-refractivity contribution in [1.29, 1.82) is 0 Å². The Hall–Kier alpha value is -1.44. The molecule has 18 heavy (non-hydrogen) atoms. The van der Waals surface area contributed by atoms with Crippen LogP contribution < -0.4 is 5.32 Å². The number of amides is 1. The summed E-state index contributed by atoms with van der Waals surface area (Å²) in [4.78, 5) is 11.5. The highest BCUT2D eigenvalue weighted by Crippen LogP contribution is 2.14. The number of aliphatic hydroxyl groups excluding tert-OH is 1. The molecule has 1 amide bonds. The van der Waals surface area contributed by atoms with Crippen LogP contribution in [-0.2, 0) is 4.79 Å². The summed E-state index contributed by atoms with van der Waals surface area (Å²) in [6.45, 7) is 2.03. The predicted molar refractivity (Wildman–Crippen MR) is 76.8 cm³/mol. The molecule has 0 atom stereocenters. The van der Waals surface area contributed by atoms with Crippen molar-refractivity contribution in [3.8, 4) is 11.8 Å². The molecular formula is C14H17NO2S. The first-order valence-corrected chi connectivity index (χ1v) is 7.05. The van der Waals surface area contributed by atoms with Gasteiger partial charge in [0, 0.05) is 17.7 Å². The second-order valence-electron chi connectivity index (χ2n) is 3.84. The summed E-state index contributed by atoms with van der Waals surface area (Å²) in [6.07, 6.45) is 2.35. The summed E-state index contributed by atoms with van der Waals surface area (Å²) < 4.78 is 0. The smallest absolute Gasteiger partial charge is 0.234 e. The Bertz CT molecular complexity index is 474. The van der Waals surface area contributed by atoms with Crippen molar-refractivity contribution in [3.05, 3.63) is 29.3 Å². The van der Waals surface area contributed by atoms with E-state index in [2.05, 4.69) is 17.2 Å². The van der Waals surface area contributed by atoms with E-state index in [-0.39, 0.29) is 12.5 Å². The Kier molecular flexibility index (Phi) is 6.34. The number of aryl methyl sites for hydroxylation is 1. The number of carbonyl (C=O) groups is 1. The molecule has 0 aromatic heterocycles. The van der Waals surface area contributed by atoms with Gasteiger partial charge in [0.25, 0.3) is 0 Å². The third kappa shape index (κ3) is 5.26. The maximum absolute atomic E-state index is 11.5. The molecule has 96 valence electrons. The van der Waals surface area contributed by atoms with Crippen molar-refractivity contribution in [3.63, 3.8) is 0 Å². The van der Waals surface area contributed by atoms with Crippen molar-refractivity contribution in [2.45, 2.75) is 13.3 Å². The Labute approximate surface area is 112 Å². The van der Waals surface area contributed by atoms with Crippen LogP contribution in [-0.4, -0.2) is 29.6 Å². The van der Waals surface area contributed by atoms with E-state index in [1.54, 1.807) is 0 Å². The third-order valence-electron chi connectivity index (χ3n) is 2.11. The van der Waals surface area contributed by atoms with Gasteiger partial charge >= 0.3 is 0 Å². The fraction of sp³-hybridized carbons (Fsp3) is 0.357. The molecule has 4 heteroatoms. The Morgan fingerprint density at radius 2 is 2.22 bits per heavy atom. The zero-order chi connectivity index (χ0) is 13.4. The average molecular weight is 263 g/mol. The minimum Gasteiger partial charge on any atom is -0.395 e. The van der Waals surface area contributed by atoms with Crippen molar-refractivity contribution in [1.82, 2.24) is 0 Å². The van der Waals surface area contributed by atoms with Crippen LogP contribution in [0, 0.1) is 18.8 Å². The fourth-order valence-corrected chi connectivity index (χ4v) is 1.81. The number of thioether (sulfide) groups is 1. The van der Waals surface area contributed by atoms with Crippen molar-refractivity contribution >= 4 is 23.4 Å². The molecule has 0 aliphatic carbocycles. The lowest BCUT2D eigenvalue weighted by Crippen LogP contribution is -2.13. The van der Waals surface area contributed by atoms with E-state index in [1.807, 2.05) is 31.4 Å². The molecule has 0 fully saturated rings. The highest BCUT2D eigenvalue weighted by atomic mass is 32.2. The molecule has 1 rings (SSSR count). The molecule has 1 aromatic carbocycles. The maximum atomic E-state index is 11.5. The summed E-state index contributed by atoms with van der Waals surface area (Å²) in [5, 5.41) is 11.5. The summed E-state index contributed by atoms with van der Waals surface area (Å²) in [7, 11) is 0. The van der Waals surface area contributed by atoms with Crippen molar-refractivity contribution < 1.29 is 9.90 Å². The van der Waals surface area contributed by atoms with E-state index in [1.165, 1.54) is 11.8 Å². The van der Waals surface area contributed by atoms with Gasteiger partial charge in [0.15, 0.2) is 0 Å². The zero-order valence-electron chi connectivity index (χ0n) is 10.6. The third-order valence-corrected chi connectivity index (χ3v) is 2.66. The van der Waals surface area contributed by atoms with Crippen LogP contribution in [0.3, 0.4) is 0 Å². The number of anilines is 1. The highest BCUT2D eigenvalue weighted by Gasteiger charge is 2.02. The quantitative estimate of drug-likeness (QED) is 0.817. The minimum atomic E-state index is -0.0117. The standard InChI is InChI=1S/C14H17NO2S/c1-11-7-12(5-3-4-6-16)9-13(8-11)15-14(17)10-18-2/h7-9,16H,4,6,10H2,1-2H3,(H,15,17). The van der Waals surface area contributed by atoms with Gasteiger partial charge in [0.2, 0.25) is 5.91 Å². The number of benzene rings is 1. The van der Waals surface area contributed by atoms with Crippen LogP contribution in [0.1, 0.15) is 17.5 Å². The lowest BCUT2D eigenvalue weighted by Gasteiger charge is -2.06. The van der Waals surface area contributed by atoms with Crippen molar-refractivity contribution in [2.24, 2.45) is 0 Å². The lowest BCUT2D eigenvalue weighted by atomic mass is 10.1. The van der Waals surface area contributed by atoms with Crippen LogP contribution in [0.25, 0.3) is 0 Å². The van der Waals surface area contributed by atoms with E-state index >= 15 is 0 Å². The van der Waals surface area contributed by atoms with Crippen LogP contribution in [0.4, 0.5) is 5.69 Å². The Morgan fingerprint density at radius 1 is 1.44 bits per heavy atom. The van der Waals surface area contributed by atoms with Gasteiger partial charge in [-0.05, 0) is 36.9 Å². The van der Waals surface area contributed by atoms with E-state index in [4.69, 9.17) is 5.11 Å². The highest BCUT2D eigenvalue weighted by molar-refractivity contribution is 7.99. The second-order valence-corrected chi connectivity index (χ2v) is 4.71. The summed E-state index contributed by atoms with van der Waals surface area (Å²) >= 11 is 1.49. The molecule has 0 spiro atoms. The SMILES string of the molecule is CSCC(=O)Nc1cc(C)cc(C#CCCO)c1. The van der Waals surface area contributed by atoms with Gasteiger partial charge in [0.05, 0.1) is 12.4 Å². The predicted octanol–water partition coefficient (Wildman–Crippen LogP) is 2.03. The molecule has 2 N–H and O–H groups in total. The number of carbonyl (C=O) groups excluding carboxylic acids is 1. The summed E-state index contributed by atoms with van der Waals surface area (Å²) in [6, 6.07) is 5.71. The first-order chi connectivity index (χ1) is 8.65. The fourth-order valence-electron chi connectivity index (χ4n) is 1.48. The first kappa shape index (κ1) is 14.6.